The smallest absolute Gasteiger partial charge is 0.0289 e. The summed E-state index contributed by atoms with van der Waals surface area (Å²) in [5, 5.41) is 15.9. The lowest BCUT2D eigenvalue weighted by molar-refractivity contribution is 1.45. The van der Waals surface area contributed by atoms with E-state index in [4.69, 9.17) is 0 Å². The van der Waals surface area contributed by atoms with Gasteiger partial charge in [-0.1, -0.05) is 68.3 Å². The number of hydrogen-bond acceptors (Lipinski definition) is 0. The number of halogens is 2. The van der Waals surface area contributed by atoms with Crippen molar-refractivity contribution in [2.24, 2.45) is 0 Å². The molecule has 0 fully saturated rings. The van der Waals surface area contributed by atoms with Gasteiger partial charge in [0, 0.05) is 10.7 Å². The number of rotatable bonds is 2. The summed E-state index contributed by atoms with van der Waals surface area (Å²) in [5.74, 6) is 0. The topological polar surface area (TPSA) is 0 Å². The Morgan fingerprint density at radius 1 is 0.458 bits per heavy atom. The minimum atomic E-state index is 0.884. The lowest BCUT2D eigenvalue weighted by atomic mass is 9.93. The average Bonchev–Trinajstić information content (AvgIpc) is 3.00. The van der Waals surface area contributed by atoms with Crippen LogP contribution in [0.25, 0.3) is 53.9 Å². The SMILES string of the molecule is BrCc1cc2ccc3ccc4ccc5cc(CBr)c1c1c2c3c4c51. The molecule has 0 aliphatic carbocycles. The van der Waals surface area contributed by atoms with Gasteiger partial charge in [-0.2, -0.15) is 0 Å². The molecule has 0 N–H and O–H groups in total. The van der Waals surface area contributed by atoms with Gasteiger partial charge in [-0.15, -0.1) is 0 Å². The molecule has 0 aliphatic heterocycles. The summed E-state index contributed by atoms with van der Waals surface area (Å²) in [7, 11) is 0. The molecule has 0 aromatic heterocycles. The second-order valence-electron chi connectivity index (χ2n) is 6.68. The first kappa shape index (κ1) is 13.6. The largest absolute Gasteiger partial charge is 0.0876 e. The number of alkyl halides is 2. The van der Waals surface area contributed by atoms with Crippen molar-refractivity contribution in [1.82, 2.24) is 0 Å². The van der Waals surface area contributed by atoms with Gasteiger partial charge in [0.25, 0.3) is 0 Å². The van der Waals surface area contributed by atoms with Crippen molar-refractivity contribution in [2.45, 2.75) is 10.7 Å². The molecule has 0 bridgehead atoms. The van der Waals surface area contributed by atoms with E-state index in [0.29, 0.717) is 0 Å². The molecule has 24 heavy (non-hydrogen) atoms. The molecule has 0 saturated carbocycles. The molecule has 0 heterocycles. The molecule has 6 aromatic rings. The molecule has 0 atom stereocenters. The predicted octanol–water partition coefficient (Wildman–Crippen LogP) is 7.56. The molecule has 0 nitrogen and oxygen atoms in total. The highest BCUT2D eigenvalue weighted by Crippen LogP contribution is 2.50. The van der Waals surface area contributed by atoms with Crippen LogP contribution in [0.4, 0.5) is 0 Å². The summed E-state index contributed by atoms with van der Waals surface area (Å²) in [6.45, 7) is 0. The Bertz CT molecular complexity index is 1260. The van der Waals surface area contributed by atoms with Crippen molar-refractivity contribution in [2.75, 3.05) is 0 Å². The van der Waals surface area contributed by atoms with E-state index >= 15 is 0 Å². The van der Waals surface area contributed by atoms with E-state index in [1.54, 1.807) is 0 Å². The first-order valence-corrected chi connectivity index (χ1v) is 10.4. The third-order valence-corrected chi connectivity index (χ3v) is 6.78. The highest BCUT2D eigenvalue weighted by Gasteiger charge is 2.22. The maximum absolute atomic E-state index is 3.72. The van der Waals surface area contributed by atoms with Crippen LogP contribution in [-0.4, -0.2) is 0 Å². The van der Waals surface area contributed by atoms with Gasteiger partial charge in [-0.3, -0.25) is 0 Å². The monoisotopic (exact) mass is 434 g/mol. The van der Waals surface area contributed by atoms with Crippen LogP contribution in [0.5, 0.6) is 0 Å². The first-order valence-electron chi connectivity index (χ1n) is 8.13. The number of benzene rings is 5. The van der Waals surface area contributed by atoms with Crippen molar-refractivity contribution in [1.29, 1.82) is 0 Å². The van der Waals surface area contributed by atoms with E-state index < -0.39 is 0 Å². The van der Waals surface area contributed by atoms with Crippen LogP contribution in [0.15, 0.2) is 48.5 Å². The Kier molecular flexibility index (Phi) is 2.56. The molecular weight excluding hydrogens is 424 g/mol. The van der Waals surface area contributed by atoms with Crippen molar-refractivity contribution in [3.05, 3.63) is 59.7 Å². The van der Waals surface area contributed by atoms with E-state index in [9.17, 15) is 0 Å². The summed E-state index contributed by atoms with van der Waals surface area (Å²) >= 11 is 7.44. The molecule has 6 rings (SSSR count). The van der Waals surface area contributed by atoms with Crippen molar-refractivity contribution in [3.63, 3.8) is 0 Å². The van der Waals surface area contributed by atoms with Gasteiger partial charge in [0.1, 0.15) is 0 Å². The summed E-state index contributed by atoms with van der Waals surface area (Å²) < 4.78 is 0. The van der Waals surface area contributed by atoms with E-state index in [1.807, 2.05) is 0 Å². The first-order chi connectivity index (χ1) is 11.8. The average molecular weight is 436 g/mol. The van der Waals surface area contributed by atoms with Crippen LogP contribution in [0.3, 0.4) is 0 Å². The lowest BCUT2D eigenvalue weighted by Crippen LogP contribution is -1.90. The molecule has 0 spiro atoms. The second-order valence-corrected chi connectivity index (χ2v) is 7.80. The number of hydrogen-bond donors (Lipinski definition) is 0. The van der Waals surface area contributed by atoms with Crippen molar-refractivity contribution < 1.29 is 0 Å². The Morgan fingerprint density at radius 3 is 1.25 bits per heavy atom. The van der Waals surface area contributed by atoms with Gasteiger partial charge in [-0.05, 0) is 77.1 Å². The van der Waals surface area contributed by atoms with E-state index in [-0.39, 0.29) is 0 Å². The highest BCUT2D eigenvalue weighted by molar-refractivity contribution is 9.08. The third-order valence-electron chi connectivity index (χ3n) is 5.57. The fourth-order valence-electron chi connectivity index (χ4n) is 4.68. The molecule has 0 unspecified atom stereocenters. The highest BCUT2D eigenvalue weighted by atomic mass is 79.9. The Hall–Kier alpha value is -1.64. The summed E-state index contributed by atoms with van der Waals surface area (Å²) in [6, 6.07) is 18.4. The summed E-state index contributed by atoms with van der Waals surface area (Å²) in [4.78, 5) is 0. The normalized spacial score (nSPS) is 12.9. The van der Waals surface area contributed by atoms with Gasteiger partial charge in [0.2, 0.25) is 0 Å². The summed E-state index contributed by atoms with van der Waals surface area (Å²) in [6.07, 6.45) is 0. The Balaban J connectivity index is 2.14. The van der Waals surface area contributed by atoms with Gasteiger partial charge < -0.3 is 0 Å². The van der Waals surface area contributed by atoms with Crippen LogP contribution in [0, 0.1) is 0 Å². The molecule has 6 aromatic carbocycles. The standard InChI is InChI=1S/C22H12Br2/c23-9-15-7-13-5-3-11-1-2-12-4-6-14-8-16(10-24)17(15)22-20(13)18(11)19(12)21(14)22/h1-8H,9-10H2. The minimum Gasteiger partial charge on any atom is -0.0876 e. The van der Waals surface area contributed by atoms with E-state index in [2.05, 4.69) is 80.4 Å². The van der Waals surface area contributed by atoms with Crippen molar-refractivity contribution >= 4 is 85.7 Å². The molecule has 0 saturated heterocycles. The fraction of sp³-hybridized carbons (Fsp3) is 0.0909. The minimum absolute atomic E-state index is 0.884. The molecule has 0 aliphatic rings. The summed E-state index contributed by atoms with van der Waals surface area (Å²) in [5.41, 5.74) is 2.77. The second kappa shape index (κ2) is 4.50. The maximum atomic E-state index is 3.72. The molecular formula is C22H12Br2. The quantitative estimate of drug-likeness (QED) is 0.194. The fourth-order valence-corrected chi connectivity index (χ4v) is 5.56. The van der Waals surface area contributed by atoms with Crippen LogP contribution < -0.4 is 0 Å². The van der Waals surface area contributed by atoms with Crippen LogP contribution >= 0.6 is 31.9 Å². The zero-order valence-electron chi connectivity index (χ0n) is 12.8. The van der Waals surface area contributed by atoms with Gasteiger partial charge in [-0.25, -0.2) is 0 Å². The van der Waals surface area contributed by atoms with E-state index in [0.717, 1.165) is 10.7 Å². The maximum Gasteiger partial charge on any atom is 0.0289 e. The zero-order valence-corrected chi connectivity index (χ0v) is 16.0. The van der Waals surface area contributed by atoms with Crippen LogP contribution in [0.2, 0.25) is 0 Å². The lowest BCUT2D eigenvalue weighted by Gasteiger charge is -2.13. The third kappa shape index (κ3) is 1.42. The van der Waals surface area contributed by atoms with Crippen LogP contribution in [-0.2, 0) is 10.7 Å². The van der Waals surface area contributed by atoms with Gasteiger partial charge >= 0.3 is 0 Å². The van der Waals surface area contributed by atoms with Gasteiger partial charge in [0.05, 0.1) is 0 Å². The molecule has 0 radical (unpaired) electrons. The predicted molar refractivity (Wildman–Crippen MR) is 113 cm³/mol. The van der Waals surface area contributed by atoms with E-state index in [1.165, 1.54) is 65.0 Å². The Morgan fingerprint density at radius 2 is 0.833 bits per heavy atom. The molecule has 114 valence electrons. The van der Waals surface area contributed by atoms with Crippen LogP contribution in [0.1, 0.15) is 11.1 Å². The Labute approximate surface area is 155 Å². The molecule has 0 amide bonds. The van der Waals surface area contributed by atoms with Gasteiger partial charge in [0.15, 0.2) is 0 Å². The van der Waals surface area contributed by atoms with Crippen molar-refractivity contribution in [3.8, 4) is 0 Å². The molecule has 2 heteroatoms. The zero-order chi connectivity index (χ0) is 16.0.